The first-order chi connectivity index (χ1) is 21.8. The van der Waals surface area contributed by atoms with Gasteiger partial charge in [-0.15, -0.1) is 0 Å². The third-order valence-corrected chi connectivity index (χ3v) is 8.98. The van der Waals surface area contributed by atoms with Gasteiger partial charge >= 0.3 is 19.8 Å². The van der Waals surface area contributed by atoms with Crippen LogP contribution in [0.15, 0.2) is 0 Å². The SMILES string of the molecule is CCCCCCCCCCCCCCC(=O)OCC(COP(=O)(O)OCCN)OC(=O)CCCCCCCCCCCCCC. The lowest BCUT2D eigenvalue weighted by molar-refractivity contribution is -0.161. The molecule has 0 heterocycles. The lowest BCUT2D eigenvalue weighted by atomic mass is 10.0. The van der Waals surface area contributed by atoms with E-state index in [4.69, 9.17) is 24.3 Å². The summed E-state index contributed by atoms with van der Waals surface area (Å²) in [5, 5.41) is 0. The Kier molecular flexibility index (Phi) is 32.2. The number of phosphoric ester groups is 1. The lowest BCUT2D eigenvalue weighted by Crippen LogP contribution is -2.29. The molecule has 0 aliphatic rings. The molecule has 0 aliphatic heterocycles. The van der Waals surface area contributed by atoms with E-state index in [0.29, 0.717) is 6.42 Å². The molecule has 0 aliphatic carbocycles. The molecule has 2 atom stereocenters. The van der Waals surface area contributed by atoms with Crippen molar-refractivity contribution in [2.24, 2.45) is 5.73 Å². The number of carbonyl (C=O) groups is 2. The molecule has 3 N–H and O–H groups in total. The molecule has 268 valence electrons. The molecule has 0 saturated carbocycles. The number of nitrogens with two attached hydrogens (primary N) is 1. The summed E-state index contributed by atoms with van der Waals surface area (Å²) in [6, 6.07) is 0. The van der Waals surface area contributed by atoms with Crippen LogP contribution < -0.4 is 5.73 Å². The van der Waals surface area contributed by atoms with Gasteiger partial charge in [-0.1, -0.05) is 155 Å². The van der Waals surface area contributed by atoms with E-state index in [-0.39, 0.29) is 38.6 Å². The number of esters is 2. The van der Waals surface area contributed by atoms with Crippen LogP contribution in [0.25, 0.3) is 0 Å². The predicted octanol–water partition coefficient (Wildman–Crippen LogP) is 9.72. The molecule has 0 aromatic rings. The molecule has 0 saturated heterocycles. The van der Waals surface area contributed by atoms with Crippen LogP contribution in [-0.2, 0) is 32.7 Å². The van der Waals surface area contributed by atoms with Crippen molar-refractivity contribution in [1.82, 2.24) is 0 Å². The van der Waals surface area contributed by atoms with Gasteiger partial charge in [0.15, 0.2) is 6.10 Å². The standard InChI is InChI=1S/C35H70NO8P/c1-3-5-7-9-11-13-15-17-19-21-23-25-27-34(37)41-31-33(32-43-45(39,40)42-30-29-36)44-35(38)28-26-24-22-20-18-16-14-12-10-8-6-4-2/h33H,3-32,36H2,1-2H3,(H,39,40). The fraction of sp³-hybridized carbons (Fsp3) is 0.943. The Bertz CT molecular complexity index is 724. The first-order valence-corrected chi connectivity index (χ1v) is 20.0. The molecule has 45 heavy (non-hydrogen) atoms. The van der Waals surface area contributed by atoms with Gasteiger partial charge < -0.3 is 20.1 Å². The average molecular weight is 664 g/mol. The predicted molar refractivity (Wildman–Crippen MR) is 183 cm³/mol. The Morgan fingerprint density at radius 1 is 0.578 bits per heavy atom. The highest BCUT2D eigenvalue weighted by Crippen LogP contribution is 2.43. The topological polar surface area (TPSA) is 134 Å². The number of ether oxygens (including phenoxy) is 2. The van der Waals surface area contributed by atoms with E-state index in [1.54, 1.807) is 0 Å². The van der Waals surface area contributed by atoms with E-state index in [2.05, 4.69) is 13.8 Å². The van der Waals surface area contributed by atoms with E-state index in [1.165, 1.54) is 116 Å². The Morgan fingerprint density at radius 2 is 0.956 bits per heavy atom. The number of rotatable bonds is 35. The molecule has 0 bridgehead atoms. The second-order valence-electron chi connectivity index (χ2n) is 12.5. The van der Waals surface area contributed by atoms with Crippen molar-refractivity contribution in [2.75, 3.05) is 26.4 Å². The van der Waals surface area contributed by atoms with Gasteiger partial charge in [-0.2, -0.15) is 0 Å². The Labute approximate surface area is 276 Å². The maximum Gasteiger partial charge on any atom is 0.472 e. The molecule has 10 heteroatoms. The van der Waals surface area contributed by atoms with Gasteiger partial charge in [-0.3, -0.25) is 18.6 Å². The van der Waals surface area contributed by atoms with Gasteiger partial charge in [0.25, 0.3) is 0 Å². The van der Waals surface area contributed by atoms with Crippen LogP contribution in [0.4, 0.5) is 0 Å². The molecule has 0 rings (SSSR count). The fourth-order valence-corrected chi connectivity index (χ4v) is 5.99. The van der Waals surface area contributed by atoms with Crippen LogP contribution in [0.2, 0.25) is 0 Å². The maximum absolute atomic E-state index is 12.5. The largest absolute Gasteiger partial charge is 0.472 e. The summed E-state index contributed by atoms with van der Waals surface area (Å²) < 4.78 is 32.6. The van der Waals surface area contributed by atoms with Crippen molar-refractivity contribution in [3.63, 3.8) is 0 Å². The van der Waals surface area contributed by atoms with E-state index in [9.17, 15) is 19.0 Å². The number of unbranched alkanes of at least 4 members (excludes halogenated alkanes) is 22. The summed E-state index contributed by atoms with van der Waals surface area (Å²) in [5.41, 5.74) is 5.32. The van der Waals surface area contributed by atoms with Gasteiger partial charge in [0, 0.05) is 19.4 Å². The van der Waals surface area contributed by atoms with Crippen LogP contribution in [0.3, 0.4) is 0 Å². The van der Waals surface area contributed by atoms with Crippen LogP contribution in [0, 0.1) is 0 Å². The minimum absolute atomic E-state index is 0.0576. The van der Waals surface area contributed by atoms with Crippen LogP contribution >= 0.6 is 7.82 Å². The third kappa shape index (κ3) is 32.7. The lowest BCUT2D eigenvalue weighted by Gasteiger charge is -2.19. The summed E-state index contributed by atoms with van der Waals surface area (Å²) in [7, 11) is -4.36. The number of phosphoric acid groups is 1. The van der Waals surface area contributed by atoms with E-state index in [1.807, 2.05) is 0 Å². The molecular formula is C35H70NO8P. The maximum atomic E-state index is 12.5. The molecule has 0 fully saturated rings. The van der Waals surface area contributed by atoms with Crippen molar-refractivity contribution in [3.8, 4) is 0 Å². The smallest absolute Gasteiger partial charge is 0.462 e. The van der Waals surface area contributed by atoms with Crippen LogP contribution in [0.1, 0.15) is 181 Å². The van der Waals surface area contributed by atoms with Gasteiger partial charge in [-0.05, 0) is 12.8 Å². The first kappa shape index (κ1) is 44.0. The zero-order chi connectivity index (χ0) is 33.3. The Balaban J connectivity index is 4.21. The van der Waals surface area contributed by atoms with Gasteiger partial charge in [0.2, 0.25) is 0 Å². The number of hydrogen-bond acceptors (Lipinski definition) is 8. The monoisotopic (exact) mass is 663 g/mol. The summed E-state index contributed by atoms with van der Waals surface area (Å²) in [4.78, 5) is 34.6. The van der Waals surface area contributed by atoms with Crippen molar-refractivity contribution in [3.05, 3.63) is 0 Å². The molecule has 0 amide bonds. The van der Waals surface area contributed by atoms with Crippen molar-refractivity contribution < 1.29 is 37.6 Å². The van der Waals surface area contributed by atoms with Gasteiger partial charge in [0.1, 0.15) is 6.61 Å². The quantitative estimate of drug-likeness (QED) is 0.0386. The molecule has 9 nitrogen and oxygen atoms in total. The summed E-state index contributed by atoms with van der Waals surface area (Å²) in [6.45, 7) is 3.73. The van der Waals surface area contributed by atoms with Crippen molar-refractivity contribution in [1.29, 1.82) is 0 Å². The summed E-state index contributed by atoms with van der Waals surface area (Å²) in [5.74, 6) is -0.820. The van der Waals surface area contributed by atoms with Gasteiger partial charge in [0.05, 0.1) is 13.2 Å². The van der Waals surface area contributed by atoms with E-state index < -0.39 is 26.5 Å². The number of carbonyl (C=O) groups excluding carboxylic acids is 2. The zero-order valence-electron chi connectivity index (χ0n) is 29.1. The van der Waals surface area contributed by atoms with E-state index in [0.717, 1.165) is 32.1 Å². The highest BCUT2D eigenvalue weighted by atomic mass is 31.2. The van der Waals surface area contributed by atoms with Crippen molar-refractivity contribution >= 4 is 19.8 Å². The summed E-state index contributed by atoms with van der Waals surface area (Å²) >= 11 is 0. The molecule has 0 spiro atoms. The highest BCUT2D eigenvalue weighted by molar-refractivity contribution is 7.47. The molecular weight excluding hydrogens is 593 g/mol. The second kappa shape index (κ2) is 32.9. The molecule has 2 unspecified atom stereocenters. The average Bonchev–Trinajstić information content (AvgIpc) is 3.02. The zero-order valence-corrected chi connectivity index (χ0v) is 30.0. The Hall–Kier alpha value is -0.990. The van der Waals surface area contributed by atoms with Crippen LogP contribution in [0.5, 0.6) is 0 Å². The van der Waals surface area contributed by atoms with Gasteiger partial charge in [-0.25, -0.2) is 4.57 Å². The molecule has 0 aromatic heterocycles. The molecule has 0 aromatic carbocycles. The number of hydrogen-bond donors (Lipinski definition) is 2. The third-order valence-electron chi connectivity index (χ3n) is 7.99. The second-order valence-corrected chi connectivity index (χ2v) is 13.9. The minimum Gasteiger partial charge on any atom is -0.462 e. The normalized spacial score (nSPS) is 13.4. The van der Waals surface area contributed by atoms with Crippen molar-refractivity contribution in [2.45, 2.75) is 187 Å². The fourth-order valence-electron chi connectivity index (χ4n) is 5.22. The Morgan fingerprint density at radius 3 is 1.36 bits per heavy atom. The minimum atomic E-state index is -4.36. The molecule has 0 radical (unpaired) electrons. The first-order valence-electron chi connectivity index (χ1n) is 18.5. The summed E-state index contributed by atoms with van der Waals surface area (Å²) in [6.07, 6.45) is 28.4. The van der Waals surface area contributed by atoms with Crippen LogP contribution in [-0.4, -0.2) is 49.3 Å². The highest BCUT2D eigenvalue weighted by Gasteiger charge is 2.25. The van der Waals surface area contributed by atoms with E-state index >= 15 is 0 Å².